The molecule has 25 heavy (non-hydrogen) atoms. The van der Waals surface area contributed by atoms with Gasteiger partial charge in [0.05, 0.1) is 11.8 Å². The summed E-state index contributed by atoms with van der Waals surface area (Å²) in [7, 11) is -3.27. The molecular weight excluding hydrogens is 411 g/mol. The van der Waals surface area contributed by atoms with Gasteiger partial charge in [-0.1, -0.05) is 28.1 Å². The van der Waals surface area contributed by atoms with Crippen molar-refractivity contribution in [2.24, 2.45) is 0 Å². The molecule has 0 aliphatic carbocycles. The molecule has 0 atom stereocenters. The molecule has 2 aromatic rings. The normalized spacial score (nSPS) is 14.8. The first-order chi connectivity index (χ1) is 11.8. The van der Waals surface area contributed by atoms with E-state index in [0.717, 1.165) is 11.1 Å². The summed E-state index contributed by atoms with van der Waals surface area (Å²) in [6.07, 6.45) is 1.67. The molecule has 1 aliphatic heterocycles. The van der Waals surface area contributed by atoms with Crippen LogP contribution in [0.2, 0.25) is 0 Å². The molecule has 0 saturated heterocycles. The van der Waals surface area contributed by atoms with Crippen molar-refractivity contribution in [2.75, 3.05) is 18.1 Å². The minimum atomic E-state index is -3.27. The highest BCUT2D eigenvalue weighted by Gasteiger charge is 2.25. The molecule has 0 radical (unpaired) electrons. The highest BCUT2D eigenvalue weighted by Crippen LogP contribution is 2.28. The van der Waals surface area contributed by atoms with Crippen LogP contribution in [0.15, 0.2) is 40.9 Å². The number of nitrogens with zero attached hydrogens (tertiary/aromatic N) is 1. The third-order valence-electron chi connectivity index (χ3n) is 4.12. The Kier molecular flexibility index (Phi) is 4.95. The molecule has 0 aromatic heterocycles. The van der Waals surface area contributed by atoms with E-state index in [0.29, 0.717) is 23.1 Å². The van der Waals surface area contributed by atoms with E-state index in [9.17, 15) is 17.6 Å². The average molecular weight is 427 g/mol. The van der Waals surface area contributed by atoms with E-state index in [1.165, 1.54) is 22.7 Å². The van der Waals surface area contributed by atoms with Crippen molar-refractivity contribution in [1.82, 2.24) is 4.31 Å². The predicted octanol–water partition coefficient (Wildman–Crippen LogP) is 3.16. The van der Waals surface area contributed by atoms with Crippen LogP contribution in [-0.2, 0) is 23.0 Å². The van der Waals surface area contributed by atoms with Gasteiger partial charge in [0.1, 0.15) is 5.82 Å². The fourth-order valence-corrected chi connectivity index (χ4v) is 3.98. The number of benzene rings is 2. The molecule has 1 N–H and O–H groups in total. The first-order valence-corrected chi connectivity index (χ1v) is 10.2. The minimum Gasteiger partial charge on any atom is -0.322 e. The SMILES string of the molecule is CS(=O)(=O)N1CCc2c(cccc2NC(=O)c2ccc(Br)cc2F)C1. The lowest BCUT2D eigenvalue weighted by Crippen LogP contribution is -2.35. The van der Waals surface area contributed by atoms with Gasteiger partial charge in [-0.15, -0.1) is 0 Å². The number of anilines is 1. The Bertz CT molecular complexity index is 947. The van der Waals surface area contributed by atoms with Crippen LogP contribution in [-0.4, -0.2) is 31.4 Å². The number of halogens is 2. The van der Waals surface area contributed by atoms with Gasteiger partial charge >= 0.3 is 0 Å². The number of fused-ring (bicyclic) bond motifs is 1. The number of sulfonamides is 1. The predicted molar refractivity (Wildman–Crippen MR) is 97.5 cm³/mol. The van der Waals surface area contributed by atoms with Crippen LogP contribution in [0.25, 0.3) is 0 Å². The number of carbonyl (C=O) groups is 1. The Labute approximate surface area is 154 Å². The molecule has 5 nitrogen and oxygen atoms in total. The summed E-state index contributed by atoms with van der Waals surface area (Å²) < 4.78 is 39.4. The first kappa shape index (κ1) is 18.0. The average Bonchev–Trinajstić information content (AvgIpc) is 2.53. The first-order valence-electron chi connectivity index (χ1n) is 7.58. The third-order valence-corrected chi connectivity index (χ3v) is 5.87. The molecular formula is C17H16BrFN2O3S. The van der Waals surface area contributed by atoms with Crippen molar-refractivity contribution in [3.63, 3.8) is 0 Å². The van der Waals surface area contributed by atoms with Gasteiger partial charge in [-0.3, -0.25) is 4.79 Å². The standard InChI is InChI=1S/C17H16BrFN2O3S/c1-25(23,24)21-8-7-13-11(10-21)3-2-4-16(13)20-17(22)14-6-5-12(18)9-15(14)19/h2-6,9H,7-8,10H2,1H3,(H,20,22). The minimum absolute atomic E-state index is 0.0469. The second-order valence-electron chi connectivity index (χ2n) is 5.87. The number of carbonyl (C=O) groups excluding carboxylic acids is 1. The molecule has 0 bridgehead atoms. The summed E-state index contributed by atoms with van der Waals surface area (Å²) in [4.78, 5) is 12.4. The Morgan fingerprint density at radius 1 is 1.28 bits per heavy atom. The molecule has 2 aromatic carbocycles. The highest BCUT2D eigenvalue weighted by molar-refractivity contribution is 9.10. The second kappa shape index (κ2) is 6.86. The number of amides is 1. The third kappa shape index (κ3) is 3.91. The molecule has 1 aliphatic rings. The van der Waals surface area contributed by atoms with Gasteiger partial charge in [0.2, 0.25) is 10.0 Å². The van der Waals surface area contributed by atoms with Crippen molar-refractivity contribution in [2.45, 2.75) is 13.0 Å². The van der Waals surface area contributed by atoms with Crippen molar-refractivity contribution < 1.29 is 17.6 Å². The van der Waals surface area contributed by atoms with Crippen molar-refractivity contribution in [1.29, 1.82) is 0 Å². The second-order valence-corrected chi connectivity index (χ2v) is 8.77. The summed E-state index contributed by atoms with van der Waals surface area (Å²) in [5.74, 6) is -1.15. The van der Waals surface area contributed by atoms with Gasteiger partial charge in [-0.25, -0.2) is 12.8 Å². The van der Waals surface area contributed by atoms with E-state index in [-0.39, 0.29) is 12.1 Å². The van der Waals surface area contributed by atoms with Crippen LogP contribution in [0.5, 0.6) is 0 Å². The summed E-state index contributed by atoms with van der Waals surface area (Å²) >= 11 is 3.16. The van der Waals surface area contributed by atoms with E-state index in [4.69, 9.17) is 0 Å². The van der Waals surface area contributed by atoms with Gasteiger partial charge in [0.15, 0.2) is 0 Å². The maximum absolute atomic E-state index is 14.0. The topological polar surface area (TPSA) is 66.5 Å². The van der Waals surface area contributed by atoms with E-state index in [2.05, 4.69) is 21.2 Å². The van der Waals surface area contributed by atoms with E-state index in [1.807, 2.05) is 6.07 Å². The summed E-state index contributed by atoms with van der Waals surface area (Å²) in [6, 6.07) is 9.57. The van der Waals surface area contributed by atoms with Gasteiger partial charge in [0.25, 0.3) is 5.91 Å². The maximum Gasteiger partial charge on any atom is 0.258 e. The Morgan fingerprint density at radius 3 is 2.72 bits per heavy atom. The molecule has 3 rings (SSSR count). The van der Waals surface area contributed by atoms with Gasteiger partial charge in [0, 0.05) is 23.2 Å². The fraction of sp³-hybridized carbons (Fsp3) is 0.235. The Balaban J connectivity index is 1.86. The van der Waals surface area contributed by atoms with Crippen LogP contribution in [0, 0.1) is 5.82 Å². The number of hydrogen-bond donors (Lipinski definition) is 1. The molecule has 1 heterocycles. The zero-order valence-corrected chi connectivity index (χ0v) is 15.8. The number of hydrogen-bond acceptors (Lipinski definition) is 3. The largest absolute Gasteiger partial charge is 0.322 e. The molecule has 8 heteroatoms. The molecule has 0 saturated carbocycles. The number of nitrogens with one attached hydrogen (secondary N) is 1. The van der Waals surface area contributed by atoms with Gasteiger partial charge in [-0.2, -0.15) is 4.31 Å². The van der Waals surface area contributed by atoms with Crippen LogP contribution in [0.3, 0.4) is 0 Å². The molecule has 0 spiro atoms. The molecule has 0 fully saturated rings. The molecule has 1 amide bonds. The van der Waals surface area contributed by atoms with Crippen molar-refractivity contribution in [3.05, 3.63) is 63.4 Å². The lowest BCUT2D eigenvalue weighted by molar-refractivity contribution is 0.102. The van der Waals surface area contributed by atoms with Crippen LogP contribution < -0.4 is 5.32 Å². The van der Waals surface area contributed by atoms with Crippen molar-refractivity contribution in [3.8, 4) is 0 Å². The highest BCUT2D eigenvalue weighted by atomic mass is 79.9. The van der Waals surface area contributed by atoms with E-state index >= 15 is 0 Å². The zero-order valence-electron chi connectivity index (χ0n) is 13.4. The number of rotatable bonds is 3. The van der Waals surface area contributed by atoms with Crippen molar-refractivity contribution >= 4 is 37.5 Å². The smallest absolute Gasteiger partial charge is 0.258 e. The summed E-state index contributed by atoms with van der Waals surface area (Å²) in [5.41, 5.74) is 2.26. The molecule has 0 unspecified atom stereocenters. The van der Waals surface area contributed by atoms with E-state index in [1.54, 1.807) is 18.2 Å². The summed E-state index contributed by atoms with van der Waals surface area (Å²) in [6.45, 7) is 0.621. The summed E-state index contributed by atoms with van der Waals surface area (Å²) in [5, 5.41) is 2.74. The Hall–Kier alpha value is -1.77. The quantitative estimate of drug-likeness (QED) is 0.819. The fourth-order valence-electron chi connectivity index (χ4n) is 2.85. The van der Waals surface area contributed by atoms with Crippen LogP contribution in [0.1, 0.15) is 21.5 Å². The monoisotopic (exact) mass is 426 g/mol. The zero-order chi connectivity index (χ0) is 18.2. The van der Waals surface area contributed by atoms with Gasteiger partial charge < -0.3 is 5.32 Å². The van der Waals surface area contributed by atoms with E-state index < -0.39 is 21.7 Å². The Morgan fingerprint density at radius 2 is 2.04 bits per heavy atom. The molecule has 132 valence electrons. The van der Waals surface area contributed by atoms with Crippen LogP contribution >= 0.6 is 15.9 Å². The maximum atomic E-state index is 14.0. The lowest BCUT2D eigenvalue weighted by Gasteiger charge is -2.28. The van der Waals surface area contributed by atoms with Crippen LogP contribution in [0.4, 0.5) is 10.1 Å². The lowest BCUT2D eigenvalue weighted by atomic mass is 9.99. The van der Waals surface area contributed by atoms with Gasteiger partial charge in [-0.05, 0) is 41.8 Å².